The SMILES string of the molecule is CCCC/C=C\C/C=C\CCCCCCCC(=O)OCC(COC(=O)CCCCCCCCCCCCCC/C=C\C/C=C\C/C=C\CCCCCCC)OC(=O)CCCCCCCCC/C=C\C/C=C\CCCCC. The molecule has 0 radical (unpaired) electrons. The first-order valence-corrected chi connectivity index (χ1v) is 32.6. The van der Waals surface area contributed by atoms with Gasteiger partial charge in [-0.05, 0) is 116 Å². The minimum Gasteiger partial charge on any atom is -0.462 e. The van der Waals surface area contributed by atoms with Gasteiger partial charge in [0.05, 0.1) is 0 Å². The zero-order chi connectivity index (χ0) is 55.0. The van der Waals surface area contributed by atoms with Crippen molar-refractivity contribution in [2.75, 3.05) is 13.2 Å². The quantitative estimate of drug-likeness (QED) is 0.0261. The van der Waals surface area contributed by atoms with E-state index in [1.165, 1.54) is 180 Å². The van der Waals surface area contributed by atoms with Gasteiger partial charge in [-0.15, -0.1) is 0 Å². The summed E-state index contributed by atoms with van der Waals surface area (Å²) < 4.78 is 16.9. The number of unbranched alkanes of at least 4 members (excludes halogenated alkanes) is 34. The Morgan fingerprint density at radius 3 is 0.803 bits per heavy atom. The van der Waals surface area contributed by atoms with Crippen molar-refractivity contribution in [3.8, 4) is 0 Å². The lowest BCUT2D eigenvalue weighted by Crippen LogP contribution is -2.30. The second-order valence-electron chi connectivity index (χ2n) is 21.7. The number of hydrogen-bond acceptors (Lipinski definition) is 6. The van der Waals surface area contributed by atoms with E-state index in [1.807, 2.05) is 0 Å². The number of carbonyl (C=O) groups excluding carboxylic acids is 3. The zero-order valence-corrected chi connectivity index (χ0v) is 50.3. The summed E-state index contributed by atoms with van der Waals surface area (Å²) in [5.41, 5.74) is 0. The average molecular weight is 1060 g/mol. The molecule has 0 saturated carbocycles. The highest BCUT2D eigenvalue weighted by Gasteiger charge is 2.19. The first kappa shape index (κ1) is 72.6. The van der Waals surface area contributed by atoms with Gasteiger partial charge in [0.2, 0.25) is 0 Å². The highest BCUT2D eigenvalue weighted by atomic mass is 16.6. The Morgan fingerprint density at radius 1 is 0.263 bits per heavy atom. The maximum absolute atomic E-state index is 12.9. The Kier molecular flexibility index (Phi) is 61.2. The Hall–Kier alpha value is -3.41. The van der Waals surface area contributed by atoms with E-state index in [1.54, 1.807) is 0 Å². The molecular formula is C70H122O6. The Morgan fingerprint density at radius 2 is 0.487 bits per heavy atom. The van der Waals surface area contributed by atoms with Crippen molar-refractivity contribution in [2.45, 2.75) is 329 Å². The molecule has 1 unspecified atom stereocenters. The van der Waals surface area contributed by atoms with Crippen LogP contribution in [0.3, 0.4) is 0 Å². The molecule has 6 heteroatoms. The molecule has 0 rings (SSSR count). The molecule has 0 aliphatic heterocycles. The summed E-state index contributed by atoms with van der Waals surface area (Å²) in [6.45, 7) is 6.57. The fraction of sp³-hybridized carbons (Fsp3) is 0.757. The third-order valence-electron chi connectivity index (χ3n) is 14.1. The molecule has 0 heterocycles. The van der Waals surface area contributed by atoms with E-state index in [0.717, 1.165) is 103 Å². The predicted molar refractivity (Wildman–Crippen MR) is 330 cm³/mol. The highest BCUT2D eigenvalue weighted by Crippen LogP contribution is 2.16. The maximum atomic E-state index is 12.9. The Balaban J connectivity index is 4.30. The van der Waals surface area contributed by atoms with Gasteiger partial charge in [-0.25, -0.2) is 0 Å². The van der Waals surface area contributed by atoms with Crippen molar-refractivity contribution in [3.63, 3.8) is 0 Å². The molecule has 0 fully saturated rings. The molecule has 1 atom stereocenters. The van der Waals surface area contributed by atoms with Crippen molar-refractivity contribution in [1.29, 1.82) is 0 Å². The third kappa shape index (κ3) is 61.4. The van der Waals surface area contributed by atoms with Crippen molar-refractivity contribution < 1.29 is 28.6 Å². The van der Waals surface area contributed by atoms with Gasteiger partial charge in [0.15, 0.2) is 6.10 Å². The normalized spacial score (nSPS) is 12.6. The third-order valence-corrected chi connectivity index (χ3v) is 14.1. The molecule has 438 valence electrons. The van der Waals surface area contributed by atoms with Gasteiger partial charge >= 0.3 is 17.9 Å². The summed E-state index contributed by atoms with van der Waals surface area (Å²) in [4.78, 5) is 38.3. The van der Waals surface area contributed by atoms with Gasteiger partial charge in [0.25, 0.3) is 0 Å². The summed E-state index contributed by atoms with van der Waals surface area (Å²) in [6, 6.07) is 0. The summed E-state index contributed by atoms with van der Waals surface area (Å²) in [7, 11) is 0. The second kappa shape index (κ2) is 64.1. The van der Waals surface area contributed by atoms with E-state index < -0.39 is 6.10 Å². The topological polar surface area (TPSA) is 78.9 Å². The molecule has 0 aliphatic carbocycles. The zero-order valence-electron chi connectivity index (χ0n) is 50.3. The number of carbonyl (C=O) groups is 3. The fourth-order valence-electron chi connectivity index (χ4n) is 9.14. The molecule has 6 nitrogen and oxygen atoms in total. The largest absolute Gasteiger partial charge is 0.462 e. The van der Waals surface area contributed by atoms with Crippen LogP contribution >= 0.6 is 0 Å². The van der Waals surface area contributed by atoms with E-state index in [9.17, 15) is 14.4 Å². The van der Waals surface area contributed by atoms with Gasteiger partial charge in [-0.1, -0.05) is 273 Å². The van der Waals surface area contributed by atoms with Gasteiger partial charge in [-0.3, -0.25) is 14.4 Å². The van der Waals surface area contributed by atoms with E-state index in [4.69, 9.17) is 14.2 Å². The second-order valence-corrected chi connectivity index (χ2v) is 21.7. The number of rotatable bonds is 59. The van der Waals surface area contributed by atoms with Gasteiger partial charge in [0, 0.05) is 19.3 Å². The van der Waals surface area contributed by atoms with Crippen molar-refractivity contribution in [1.82, 2.24) is 0 Å². The Bertz CT molecular complexity index is 1450. The van der Waals surface area contributed by atoms with Crippen LogP contribution in [-0.4, -0.2) is 37.2 Å². The van der Waals surface area contributed by atoms with Crippen LogP contribution in [0, 0.1) is 0 Å². The van der Waals surface area contributed by atoms with Crippen LogP contribution in [0.5, 0.6) is 0 Å². The summed E-state index contributed by atoms with van der Waals surface area (Å²) in [5.74, 6) is -0.897. The monoisotopic (exact) mass is 1060 g/mol. The molecule has 0 aromatic heterocycles. The van der Waals surface area contributed by atoms with Crippen LogP contribution in [0.2, 0.25) is 0 Å². The van der Waals surface area contributed by atoms with Crippen LogP contribution in [0.4, 0.5) is 0 Å². The molecule has 0 saturated heterocycles. The van der Waals surface area contributed by atoms with Crippen LogP contribution in [0.25, 0.3) is 0 Å². The van der Waals surface area contributed by atoms with Crippen molar-refractivity contribution in [3.05, 3.63) is 85.1 Å². The maximum Gasteiger partial charge on any atom is 0.306 e. The molecule has 76 heavy (non-hydrogen) atoms. The lowest BCUT2D eigenvalue weighted by molar-refractivity contribution is -0.167. The van der Waals surface area contributed by atoms with Crippen molar-refractivity contribution in [2.24, 2.45) is 0 Å². The molecule has 0 aliphatic rings. The number of esters is 3. The molecule has 0 N–H and O–H groups in total. The lowest BCUT2D eigenvalue weighted by Gasteiger charge is -2.18. The van der Waals surface area contributed by atoms with Crippen LogP contribution < -0.4 is 0 Å². The van der Waals surface area contributed by atoms with Gasteiger partial charge < -0.3 is 14.2 Å². The van der Waals surface area contributed by atoms with E-state index in [-0.39, 0.29) is 31.1 Å². The van der Waals surface area contributed by atoms with E-state index in [0.29, 0.717) is 19.3 Å². The minimum atomic E-state index is -0.789. The Labute approximate surface area is 471 Å². The van der Waals surface area contributed by atoms with Crippen LogP contribution in [0.15, 0.2) is 85.1 Å². The van der Waals surface area contributed by atoms with Crippen LogP contribution in [0.1, 0.15) is 323 Å². The highest BCUT2D eigenvalue weighted by molar-refractivity contribution is 5.71. The molecule has 0 aromatic carbocycles. The van der Waals surface area contributed by atoms with Gasteiger partial charge in [0.1, 0.15) is 13.2 Å². The molecule has 0 amide bonds. The van der Waals surface area contributed by atoms with E-state index in [2.05, 4.69) is 106 Å². The number of ether oxygens (including phenoxy) is 3. The standard InChI is InChI=1S/C70H122O6/c1-4-7-10-13-16-19-22-25-28-30-31-32-33-34-35-36-37-38-39-41-42-45-48-51-54-57-60-63-69(72)75-66-67(65-74-68(71)62-59-56-53-50-47-44-27-24-21-18-15-12-9-6-3)76-70(73)64-61-58-55-52-49-46-43-40-29-26-23-20-17-14-11-8-5-2/h15,17-18,20,22,24-27,29-31,33-34,67H,4-14,16,19,21,23,28,32,35-66H2,1-3H3/b18-15-,20-17-,25-22-,27-24-,29-26-,31-30-,34-33-. The fourth-order valence-corrected chi connectivity index (χ4v) is 9.14. The first-order valence-electron chi connectivity index (χ1n) is 32.6. The molecular weight excluding hydrogens is 937 g/mol. The van der Waals surface area contributed by atoms with E-state index >= 15 is 0 Å². The minimum absolute atomic E-state index is 0.0843. The number of hydrogen-bond donors (Lipinski definition) is 0. The number of allylic oxidation sites excluding steroid dienone is 14. The predicted octanol–water partition coefficient (Wildman–Crippen LogP) is 22.3. The first-order chi connectivity index (χ1) is 37.5. The summed E-state index contributed by atoms with van der Waals surface area (Å²) >= 11 is 0. The molecule has 0 bridgehead atoms. The molecule has 0 aromatic rings. The molecule has 0 spiro atoms. The van der Waals surface area contributed by atoms with Crippen molar-refractivity contribution >= 4 is 17.9 Å². The lowest BCUT2D eigenvalue weighted by atomic mass is 10.0. The summed E-state index contributed by atoms with van der Waals surface area (Å²) in [6.07, 6.45) is 84.4. The average Bonchev–Trinajstić information content (AvgIpc) is 3.42. The summed E-state index contributed by atoms with van der Waals surface area (Å²) in [5, 5.41) is 0. The smallest absolute Gasteiger partial charge is 0.306 e. The van der Waals surface area contributed by atoms with Gasteiger partial charge in [-0.2, -0.15) is 0 Å². The van der Waals surface area contributed by atoms with Crippen LogP contribution in [-0.2, 0) is 28.6 Å².